The molecule has 0 N–H and O–H groups in total. The second-order valence-corrected chi connectivity index (χ2v) is 5.39. The van der Waals surface area contributed by atoms with Crippen LogP contribution in [0.2, 0.25) is 0 Å². The summed E-state index contributed by atoms with van der Waals surface area (Å²) in [5.41, 5.74) is 0.585. The summed E-state index contributed by atoms with van der Waals surface area (Å²) < 4.78 is 18.5. The van der Waals surface area contributed by atoms with Crippen LogP contribution in [0.3, 0.4) is 0 Å². The first-order chi connectivity index (χ1) is 10.1. The van der Waals surface area contributed by atoms with E-state index in [1.807, 2.05) is 12.2 Å². The summed E-state index contributed by atoms with van der Waals surface area (Å²) >= 11 is 0. The lowest BCUT2D eigenvalue weighted by molar-refractivity contribution is -0.140. The summed E-state index contributed by atoms with van der Waals surface area (Å²) in [7, 11) is 1.39. The van der Waals surface area contributed by atoms with Crippen LogP contribution in [0.1, 0.15) is 18.4 Å². The zero-order valence-corrected chi connectivity index (χ0v) is 11.7. The van der Waals surface area contributed by atoms with Crippen LogP contribution in [0.15, 0.2) is 30.4 Å². The fourth-order valence-corrected chi connectivity index (χ4v) is 3.02. The smallest absolute Gasteiger partial charge is 0.233 e. The highest BCUT2D eigenvalue weighted by Crippen LogP contribution is 2.35. The molecule has 0 bridgehead atoms. The van der Waals surface area contributed by atoms with E-state index in [-0.39, 0.29) is 35.9 Å². The van der Waals surface area contributed by atoms with Crippen molar-refractivity contribution in [1.29, 1.82) is 0 Å². The molecule has 110 valence electrons. The third-order valence-corrected chi connectivity index (χ3v) is 4.16. The number of ether oxygens (including phenoxy) is 1. The molecule has 5 heteroatoms. The Morgan fingerprint density at radius 1 is 1.19 bits per heavy atom. The molecule has 0 saturated carbocycles. The maximum absolute atomic E-state index is 13.7. The van der Waals surface area contributed by atoms with Gasteiger partial charge in [-0.2, -0.15) is 0 Å². The minimum absolute atomic E-state index is 0.117. The average molecular weight is 289 g/mol. The number of methoxy groups -OCH3 is 1. The molecular formula is C16H16FNO3. The Balaban J connectivity index is 1.80. The molecule has 0 spiro atoms. The number of halogens is 1. The minimum Gasteiger partial charge on any atom is -0.494 e. The van der Waals surface area contributed by atoms with E-state index in [9.17, 15) is 14.0 Å². The normalized spacial score (nSPS) is 24.4. The van der Waals surface area contributed by atoms with Crippen molar-refractivity contribution in [3.8, 4) is 5.75 Å². The first kappa shape index (κ1) is 13.8. The standard InChI is InChI=1S/C16H16FNO3/c1-21-14-7-6-10(8-13(14)17)9-18-15(19)11-4-2-3-5-12(11)16(18)20/h2-3,6-8,11-12H,4-5,9H2,1H3/t11-,12-/m0/s1. The number of nitrogens with zero attached hydrogens (tertiary/aromatic N) is 1. The number of hydrogen-bond donors (Lipinski definition) is 0. The van der Waals surface area contributed by atoms with E-state index in [1.54, 1.807) is 6.07 Å². The highest BCUT2D eigenvalue weighted by atomic mass is 19.1. The molecule has 1 fully saturated rings. The number of rotatable bonds is 3. The Bertz CT molecular complexity index is 600. The number of hydrogen-bond acceptors (Lipinski definition) is 3. The lowest BCUT2D eigenvalue weighted by Gasteiger charge is -2.15. The van der Waals surface area contributed by atoms with Gasteiger partial charge in [0.2, 0.25) is 11.8 Å². The van der Waals surface area contributed by atoms with Gasteiger partial charge in [0.25, 0.3) is 0 Å². The molecule has 21 heavy (non-hydrogen) atoms. The van der Waals surface area contributed by atoms with Crippen LogP contribution in [0.5, 0.6) is 5.75 Å². The zero-order valence-electron chi connectivity index (χ0n) is 11.7. The highest BCUT2D eigenvalue weighted by molar-refractivity contribution is 6.05. The van der Waals surface area contributed by atoms with Gasteiger partial charge in [-0.3, -0.25) is 14.5 Å². The Labute approximate surface area is 122 Å². The second kappa shape index (κ2) is 5.31. The summed E-state index contributed by atoms with van der Waals surface area (Å²) in [5.74, 6) is -1.13. The number of benzene rings is 1. The van der Waals surface area contributed by atoms with Crippen molar-refractivity contribution in [2.24, 2.45) is 11.8 Å². The number of fused-ring (bicyclic) bond motifs is 1. The van der Waals surface area contributed by atoms with Gasteiger partial charge in [-0.1, -0.05) is 18.2 Å². The molecule has 1 aliphatic carbocycles. The van der Waals surface area contributed by atoms with Crippen LogP contribution in [-0.4, -0.2) is 23.8 Å². The van der Waals surface area contributed by atoms with E-state index < -0.39 is 5.82 Å². The van der Waals surface area contributed by atoms with E-state index in [0.29, 0.717) is 18.4 Å². The molecule has 1 saturated heterocycles. The van der Waals surface area contributed by atoms with E-state index in [2.05, 4.69) is 0 Å². The van der Waals surface area contributed by atoms with Crippen LogP contribution in [0, 0.1) is 17.7 Å². The molecule has 4 nitrogen and oxygen atoms in total. The minimum atomic E-state index is -0.492. The SMILES string of the molecule is COc1ccc(CN2C(=O)[C@H]3CC=CC[C@@H]3C2=O)cc1F. The summed E-state index contributed by atoms with van der Waals surface area (Å²) in [6.45, 7) is 0.117. The molecule has 2 amide bonds. The first-order valence-corrected chi connectivity index (χ1v) is 6.94. The van der Waals surface area contributed by atoms with Crippen molar-refractivity contribution in [1.82, 2.24) is 4.90 Å². The van der Waals surface area contributed by atoms with E-state index >= 15 is 0 Å². The van der Waals surface area contributed by atoms with Gasteiger partial charge in [0.05, 0.1) is 25.5 Å². The van der Waals surface area contributed by atoms with Crippen molar-refractivity contribution < 1.29 is 18.7 Å². The van der Waals surface area contributed by atoms with Crippen molar-refractivity contribution in [3.05, 3.63) is 41.7 Å². The predicted molar refractivity (Wildman–Crippen MR) is 73.9 cm³/mol. The van der Waals surface area contributed by atoms with Crippen molar-refractivity contribution >= 4 is 11.8 Å². The third-order valence-electron chi connectivity index (χ3n) is 4.16. The van der Waals surface area contributed by atoms with Crippen LogP contribution < -0.4 is 4.74 Å². The van der Waals surface area contributed by atoms with Gasteiger partial charge in [0.1, 0.15) is 0 Å². The molecule has 3 rings (SSSR count). The number of carbonyl (C=O) groups is 2. The van der Waals surface area contributed by atoms with Gasteiger partial charge in [-0.05, 0) is 30.5 Å². The Morgan fingerprint density at radius 3 is 2.33 bits per heavy atom. The molecular weight excluding hydrogens is 273 g/mol. The van der Waals surface area contributed by atoms with Gasteiger partial charge in [-0.25, -0.2) is 4.39 Å². The molecule has 0 unspecified atom stereocenters. The number of carbonyl (C=O) groups excluding carboxylic acids is 2. The molecule has 1 aromatic carbocycles. The largest absolute Gasteiger partial charge is 0.494 e. The Hall–Kier alpha value is -2.17. The number of allylic oxidation sites excluding steroid dienone is 2. The Kier molecular flexibility index (Phi) is 3.49. The maximum Gasteiger partial charge on any atom is 0.233 e. The zero-order chi connectivity index (χ0) is 15.0. The second-order valence-electron chi connectivity index (χ2n) is 5.39. The van der Waals surface area contributed by atoms with E-state index in [1.165, 1.54) is 24.1 Å². The lowest BCUT2D eigenvalue weighted by atomic mass is 9.85. The van der Waals surface area contributed by atoms with Crippen molar-refractivity contribution in [2.75, 3.05) is 7.11 Å². The molecule has 1 aromatic rings. The summed E-state index contributed by atoms with van der Waals surface area (Å²) in [5, 5.41) is 0. The quantitative estimate of drug-likeness (QED) is 0.633. The number of likely N-dealkylation sites (tertiary alicyclic amines) is 1. The number of amides is 2. The van der Waals surface area contributed by atoms with Crippen LogP contribution >= 0.6 is 0 Å². The average Bonchev–Trinajstić information content (AvgIpc) is 2.73. The maximum atomic E-state index is 13.7. The topological polar surface area (TPSA) is 46.6 Å². The molecule has 1 aliphatic heterocycles. The fourth-order valence-electron chi connectivity index (χ4n) is 3.02. The van der Waals surface area contributed by atoms with Gasteiger partial charge in [-0.15, -0.1) is 0 Å². The Morgan fingerprint density at radius 2 is 1.81 bits per heavy atom. The van der Waals surface area contributed by atoms with Gasteiger partial charge in [0, 0.05) is 0 Å². The summed E-state index contributed by atoms with van der Waals surface area (Å²) in [4.78, 5) is 25.9. The fraction of sp³-hybridized carbons (Fsp3) is 0.375. The van der Waals surface area contributed by atoms with Crippen LogP contribution in [0.4, 0.5) is 4.39 Å². The predicted octanol–water partition coefficient (Wildman–Crippen LogP) is 2.29. The molecule has 2 atom stereocenters. The molecule has 1 heterocycles. The van der Waals surface area contributed by atoms with Crippen LogP contribution in [0.25, 0.3) is 0 Å². The van der Waals surface area contributed by atoms with Crippen molar-refractivity contribution in [3.63, 3.8) is 0 Å². The van der Waals surface area contributed by atoms with Crippen LogP contribution in [-0.2, 0) is 16.1 Å². The van der Waals surface area contributed by atoms with Gasteiger partial charge in [0.15, 0.2) is 11.6 Å². The van der Waals surface area contributed by atoms with Crippen molar-refractivity contribution in [2.45, 2.75) is 19.4 Å². The monoisotopic (exact) mass is 289 g/mol. The van der Waals surface area contributed by atoms with E-state index in [0.717, 1.165) is 0 Å². The molecule has 0 radical (unpaired) electrons. The molecule has 2 aliphatic rings. The summed E-state index contributed by atoms with van der Waals surface area (Å²) in [6, 6.07) is 4.48. The van der Waals surface area contributed by atoms with E-state index in [4.69, 9.17) is 4.74 Å². The summed E-state index contributed by atoms with van der Waals surface area (Å²) in [6.07, 6.45) is 5.12. The molecule has 0 aromatic heterocycles. The highest BCUT2D eigenvalue weighted by Gasteiger charge is 2.46. The van der Waals surface area contributed by atoms with Gasteiger partial charge >= 0.3 is 0 Å². The van der Waals surface area contributed by atoms with Gasteiger partial charge < -0.3 is 4.74 Å². The third kappa shape index (κ3) is 2.33. The lowest BCUT2D eigenvalue weighted by Crippen LogP contribution is -2.30. The first-order valence-electron chi connectivity index (χ1n) is 6.94. The number of imide groups is 1.